The maximum Gasteiger partial charge on any atom is 0.160 e. The lowest BCUT2D eigenvalue weighted by Crippen LogP contribution is -1.97. The van der Waals surface area contributed by atoms with Gasteiger partial charge in [0.25, 0.3) is 0 Å². The summed E-state index contributed by atoms with van der Waals surface area (Å²) in [4.78, 5) is 19.1. The van der Waals surface area contributed by atoms with E-state index in [9.17, 15) is 0 Å². The fourth-order valence-electron chi connectivity index (χ4n) is 8.37. The molecule has 0 N–H and O–H groups in total. The zero-order valence-electron chi connectivity index (χ0n) is 33.7. The molecule has 8 aromatic carbocycles. The van der Waals surface area contributed by atoms with Crippen LogP contribution in [0.5, 0.6) is 0 Å². The molecule has 3 heterocycles. The largest absolute Gasteiger partial charge is 0.264 e. The van der Waals surface area contributed by atoms with Crippen molar-refractivity contribution in [2.45, 2.75) is 0 Å². The van der Waals surface area contributed by atoms with Gasteiger partial charge in [-0.3, -0.25) is 9.97 Å². The number of fused-ring (bicyclic) bond motifs is 2. The summed E-state index contributed by atoms with van der Waals surface area (Å²) in [5.41, 5.74) is 16.1. The van der Waals surface area contributed by atoms with Crippen LogP contribution in [0.25, 0.3) is 111 Å². The smallest absolute Gasteiger partial charge is 0.160 e. The first kappa shape index (κ1) is 36.7. The molecule has 11 aromatic rings. The van der Waals surface area contributed by atoms with Gasteiger partial charge >= 0.3 is 0 Å². The molecule has 4 nitrogen and oxygen atoms in total. The van der Waals surface area contributed by atoms with Gasteiger partial charge in [-0.2, -0.15) is 0 Å². The van der Waals surface area contributed by atoms with Crippen molar-refractivity contribution >= 4 is 21.5 Å². The zero-order chi connectivity index (χ0) is 41.2. The van der Waals surface area contributed by atoms with E-state index in [1.165, 1.54) is 21.9 Å². The summed E-state index contributed by atoms with van der Waals surface area (Å²) >= 11 is 0. The average Bonchev–Trinajstić information content (AvgIpc) is 3.36. The highest BCUT2D eigenvalue weighted by atomic mass is 14.9. The molecule has 0 bridgehead atoms. The van der Waals surface area contributed by atoms with E-state index in [0.29, 0.717) is 5.82 Å². The van der Waals surface area contributed by atoms with Crippen molar-refractivity contribution in [3.8, 4) is 89.5 Å². The molecule has 0 saturated carbocycles. The van der Waals surface area contributed by atoms with E-state index in [4.69, 9.17) is 9.97 Å². The van der Waals surface area contributed by atoms with E-state index in [2.05, 4.69) is 198 Å². The molecular weight excluding hydrogens is 753 g/mol. The standard InChI is InChI=1S/C58H38N4/c1-3-9-43(10-4-1)54-13-7-8-14-55(54)57-36-56(61-58(62-57)44-11-5-2-6-12-44)53-34-51(41-19-15-39(16-20-41)45-23-25-49-37-59-29-27-47(49)31-45)33-52(35-53)42-21-17-40(18-22-42)46-24-26-50-38-60-30-28-48(50)32-46/h1-38H. The molecule has 11 rings (SSSR count). The van der Waals surface area contributed by atoms with Gasteiger partial charge in [-0.15, -0.1) is 0 Å². The monoisotopic (exact) mass is 790 g/mol. The van der Waals surface area contributed by atoms with Crippen LogP contribution < -0.4 is 0 Å². The maximum absolute atomic E-state index is 5.31. The molecule has 0 fully saturated rings. The van der Waals surface area contributed by atoms with Crippen molar-refractivity contribution in [1.29, 1.82) is 0 Å². The van der Waals surface area contributed by atoms with Gasteiger partial charge in [-0.1, -0.05) is 158 Å². The van der Waals surface area contributed by atoms with Gasteiger partial charge in [0.1, 0.15) is 0 Å². The van der Waals surface area contributed by atoms with Crippen LogP contribution in [0.2, 0.25) is 0 Å². The Hall–Kier alpha value is -8.34. The summed E-state index contributed by atoms with van der Waals surface area (Å²) in [6, 6.07) is 73.3. The highest BCUT2D eigenvalue weighted by molar-refractivity contribution is 5.90. The van der Waals surface area contributed by atoms with Crippen molar-refractivity contribution in [1.82, 2.24) is 19.9 Å². The highest BCUT2D eigenvalue weighted by Crippen LogP contribution is 2.38. The van der Waals surface area contributed by atoms with Gasteiger partial charge in [0.2, 0.25) is 0 Å². The number of hydrogen-bond acceptors (Lipinski definition) is 4. The first-order valence-corrected chi connectivity index (χ1v) is 20.8. The Balaban J connectivity index is 1.05. The van der Waals surface area contributed by atoms with Gasteiger partial charge < -0.3 is 0 Å². The normalized spacial score (nSPS) is 11.2. The molecule has 0 aliphatic rings. The molecule has 0 radical (unpaired) electrons. The van der Waals surface area contributed by atoms with Crippen LogP contribution in [0.15, 0.2) is 231 Å². The molecule has 62 heavy (non-hydrogen) atoms. The Morgan fingerprint density at radius 1 is 0.242 bits per heavy atom. The van der Waals surface area contributed by atoms with Crippen molar-refractivity contribution < 1.29 is 0 Å². The molecule has 0 spiro atoms. The summed E-state index contributed by atoms with van der Waals surface area (Å²) in [5, 5.41) is 4.61. The first-order valence-electron chi connectivity index (χ1n) is 20.8. The third kappa shape index (κ3) is 7.31. The SMILES string of the molecule is c1ccc(-c2nc(-c3cc(-c4ccc(-c5ccc6cnccc6c5)cc4)cc(-c4ccc(-c5ccc6cnccc6c5)cc4)c3)cc(-c3ccccc3-c3ccccc3)n2)cc1. The van der Waals surface area contributed by atoms with Gasteiger partial charge in [0.05, 0.1) is 11.4 Å². The number of nitrogens with zero attached hydrogens (tertiary/aromatic N) is 4. The summed E-state index contributed by atoms with van der Waals surface area (Å²) < 4.78 is 0. The van der Waals surface area contributed by atoms with Crippen LogP contribution in [0.3, 0.4) is 0 Å². The molecule has 0 aliphatic heterocycles. The summed E-state index contributed by atoms with van der Waals surface area (Å²) in [6.45, 7) is 0. The molecule has 0 amide bonds. The predicted octanol–water partition coefficient (Wildman–Crippen LogP) is 14.9. The fraction of sp³-hybridized carbons (Fsp3) is 0. The molecule has 0 aliphatic carbocycles. The van der Waals surface area contributed by atoms with Gasteiger partial charge in [0.15, 0.2) is 5.82 Å². The summed E-state index contributed by atoms with van der Waals surface area (Å²) in [5.74, 6) is 0.680. The van der Waals surface area contributed by atoms with Crippen LogP contribution >= 0.6 is 0 Å². The highest BCUT2D eigenvalue weighted by Gasteiger charge is 2.16. The third-order valence-electron chi connectivity index (χ3n) is 11.7. The second kappa shape index (κ2) is 16.0. The van der Waals surface area contributed by atoms with Crippen molar-refractivity contribution in [2.24, 2.45) is 0 Å². The Labute approximate surface area is 360 Å². The van der Waals surface area contributed by atoms with Crippen LogP contribution in [-0.2, 0) is 0 Å². The Morgan fingerprint density at radius 3 is 1.23 bits per heavy atom. The van der Waals surface area contributed by atoms with E-state index >= 15 is 0 Å². The first-order chi connectivity index (χ1) is 30.7. The zero-order valence-corrected chi connectivity index (χ0v) is 33.7. The minimum absolute atomic E-state index is 0.680. The lowest BCUT2D eigenvalue weighted by molar-refractivity contribution is 1.18. The minimum Gasteiger partial charge on any atom is -0.264 e. The molecule has 4 heteroatoms. The van der Waals surface area contributed by atoms with Crippen LogP contribution in [0.1, 0.15) is 0 Å². The third-order valence-corrected chi connectivity index (χ3v) is 11.7. The van der Waals surface area contributed by atoms with E-state index in [-0.39, 0.29) is 0 Å². The summed E-state index contributed by atoms with van der Waals surface area (Å²) in [7, 11) is 0. The van der Waals surface area contributed by atoms with E-state index in [0.717, 1.165) is 83.4 Å². The second-order valence-electron chi connectivity index (χ2n) is 15.6. The Morgan fingerprint density at radius 2 is 0.677 bits per heavy atom. The van der Waals surface area contributed by atoms with E-state index < -0.39 is 0 Å². The van der Waals surface area contributed by atoms with Crippen LogP contribution in [-0.4, -0.2) is 19.9 Å². The summed E-state index contributed by atoms with van der Waals surface area (Å²) in [6.07, 6.45) is 7.51. The van der Waals surface area contributed by atoms with Crippen molar-refractivity contribution in [2.75, 3.05) is 0 Å². The second-order valence-corrected chi connectivity index (χ2v) is 15.6. The molecule has 0 saturated heterocycles. The minimum atomic E-state index is 0.680. The lowest BCUT2D eigenvalue weighted by atomic mass is 9.92. The lowest BCUT2D eigenvalue weighted by Gasteiger charge is -2.15. The quantitative estimate of drug-likeness (QED) is 0.154. The Kier molecular flexibility index (Phi) is 9.49. The van der Waals surface area contributed by atoms with E-state index in [1.54, 1.807) is 0 Å². The average molecular weight is 791 g/mol. The van der Waals surface area contributed by atoms with Gasteiger partial charge in [-0.05, 0) is 115 Å². The predicted molar refractivity (Wildman–Crippen MR) is 256 cm³/mol. The van der Waals surface area contributed by atoms with Gasteiger partial charge in [-0.25, -0.2) is 9.97 Å². The fourth-order valence-corrected chi connectivity index (χ4v) is 8.37. The van der Waals surface area contributed by atoms with Crippen LogP contribution in [0, 0.1) is 0 Å². The van der Waals surface area contributed by atoms with Crippen molar-refractivity contribution in [3.63, 3.8) is 0 Å². The topological polar surface area (TPSA) is 51.6 Å². The Bertz CT molecular complexity index is 3240. The number of hydrogen-bond donors (Lipinski definition) is 0. The van der Waals surface area contributed by atoms with E-state index in [1.807, 2.05) is 43.0 Å². The molecule has 290 valence electrons. The molecule has 3 aromatic heterocycles. The number of benzene rings is 8. The maximum atomic E-state index is 5.31. The number of rotatable bonds is 8. The number of aromatic nitrogens is 4. The number of pyridine rings is 2. The van der Waals surface area contributed by atoms with Gasteiger partial charge in [0, 0.05) is 52.3 Å². The molecule has 0 atom stereocenters. The molecule has 0 unspecified atom stereocenters. The van der Waals surface area contributed by atoms with Crippen LogP contribution in [0.4, 0.5) is 0 Å². The van der Waals surface area contributed by atoms with Crippen molar-refractivity contribution in [3.05, 3.63) is 231 Å². The molecular formula is C58H38N4.